The van der Waals surface area contributed by atoms with Gasteiger partial charge in [-0.2, -0.15) is 5.10 Å². The van der Waals surface area contributed by atoms with Crippen molar-refractivity contribution >= 4 is 18.1 Å². The minimum atomic E-state index is 0.117. The highest BCUT2D eigenvalue weighted by atomic mass is 32.1. The van der Waals surface area contributed by atoms with Gasteiger partial charge in [-0.15, -0.1) is 0 Å². The van der Waals surface area contributed by atoms with Crippen LogP contribution in [0.25, 0.3) is 0 Å². The highest BCUT2D eigenvalue weighted by molar-refractivity contribution is 7.71. The molecule has 8 nitrogen and oxygen atoms in total. The van der Waals surface area contributed by atoms with Gasteiger partial charge in [0.1, 0.15) is 6.33 Å². The number of carbonyl (C=O) groups excluding carboxylic acids is 1. The number of hydrogen-bond donors (Lipinski definition) is 0. The fourth-order valence-corrected chi connectivity index (χ4v) is 4.18. The number of aromatic nitrogens is 3. The van der Waals surface area contributed by atoms with Gasteiger partial charge in [-0.3, -0.25) is 9.69 Å². The van der Waals surface area contributed by atoms with E-state index in [0.29, 0.717) is 37.7 Å². The van der Waals surface area contributed by atoms with Gasteiger partial charge in [-0.1, -0.05) is 0 Å². The van der Waals surface area contributed by atoms with Crippen molar-refractivity contribution in [3.8, 4) is 0 Å². The summed E-state index contributed by atoms with van der Waals surface area (Å²) in [5.41, 5.74) is 0. The number of likely N-dealkylation sites (tertiary alicyclic amines) is 1. The van der Waals surface area contributed by atoms with Crippen LogP contribution in [0.15, 0.2) is 6.33 Å². The van der Waals surface area contributed by atoms with E-state index >= 15 is 0 Å². The number of carbonyl (C=O) groups is 1. The molecule has 27 heavy (non-hydrogen) atoms. The molecule has 1 aromatic rings. The first-order chi connectivity index (χ1) is 13.0. The monoisotopic (exact) mass is 397 g/mol. The van der Waals surface area contributed by atoms with E-state index in [0.717, 1.165) is 25.9 Å². The molecule has 2 unspecified atom stereocenters. The quantitative estimate of drug-likeness (QED) is 0.676. The molecule has 1 aromatic heterocycles. The summed E-state index contributed by atoms with van der Waals surface area (Å²) >= 11 is 5.49. The van der Waals surface area contributed by atoms with Gasteiger partial charge in [0.2, 0.25) is 5.91 Å². The third-order valence-electron chi connectivity index (χ3n) is 5.34. The zero-order chi connectivity index (χ0) is 19.4. The van der Waals surface area contributed by atoms with Crippen LogP contribution in [-0.2, 0) is 27.5 Å². The Morgan fingerprint density at radius 3 is 2.59 bits per heavy atom. The van der Waals surface area contributed by atoms with Crippen LogP contribution in [0, 0.1) is 10.7 Å². The summed E-state index contributed by atoms with van der Waals surface area (Å²) in [6.07, 6.45) is 3.77. The van der Waals surface area contributed by atoms with Gasteiger partial charge in [-0.05, 0) is 38.9 Å². The zero-order valence-electron chi connectivity index (χ0n) is 16.5. The maximum atomic E-state index is 12.9. The van der Waals surface area contributed by atoms with Crippen LogP contribution >= 0.6 is 12.2 Å². The van der Waals surface area contributed by atoms with Crippen LogP contribution < -0.4 is 0 Å². The molecule has 9 heteroatoms. The van der Waals surface area contributed by atoms with E-state index in [1.54, 1.807) is 13.4 Å². The first kappa shape index (κ1) is 20.4. The number of morpholine rings is 1. The molecule has 2 atom stereocenters. The first-order valence-electron chi connectivity index (χ1n) is 9.75. The van der Waals surface area contributed by atoms with Crippen molar-refractivity contribution in [1.82, 2.24) is 24.1 Å². The summed E-state index contributed by atoms with van der Waals surface area (Å²) in [5, 5.41) is 4.40. The van der Waals surface area contributed by atoms with Crippen LogP contribution in [0.4, 0.5) is 0 Å². The van der Waals surface area contributed by atoms with E-state index in [1.807, 2.05) is 28.0 Å². The van der Waals surface area contributed by atoms with Crippen molar-refractivity contribution in [2.75, 3.05) is 39.9 Å². The number of hydrogen-bond acceptors (Lipinski definition) is 6. The summed E-state index contributed by atoms with van der Waals surface area (Å²) in [6.45, 7) is 9.26. The van der Waals surface area contributed by atoms with Crippen molar-refractivity contribution in [2.45, 2.75) is 52.1 Å². The summed E-state index contributed by atoms with van der Waals surface area (Å²) in [4.78, 5) is 17.2. The Morgan fingerprint density at radius 2 is 1.96 bits per heavy atom. The molecule has 0 bridgehead atoms. The molecule has 2 aliphatic heterocycles. The molecule has 3 rings (SSSR count). The van der Waals surface area contributed by atoms with Gasteiger partial charge in [0.05, 0.1) is 25.5 Å². The average molecular weight is 398 g/mol. The molecule has 0 aromatic carbocycles. The molecule has 0 saturated carbocycles. The Kier molecular flexibility index (Phi) is 7.02. The van der Waals surface area contributed by atoms with Crippen molar-refractivity contribution in [3.05, 3.63) is 11.1 Å². The molecule has 2 saturated heterocycles. The third-order valence-corrected chi connectivity index (χ3v) is 5.78. The molecule has 0 aliphatic carbocycles. The van der Waals surface area contributed by atoms with Crippen LogP contribution in [0.1, 0.15) is 26.7 Å². The fourth-order valence-electron chi connectivity index (χ4n) is 3.94. The molecule has 0 spiro atoms. The van der Waals surface area contributed by atoms with Crippen molar-refractivity contribution in [2.24, 2.45) is 5.92 Å². The summed E-state index contributed by atoms with van der Waals surface area (Å²) in [5.74, 6) is 0.406. The predicted octanol–water partition coefficient (Wildman–Crippen LogP) is 1.37. The Bertz CT molecular complexity index is 673. The van der Waals surface area contributed by atoms with Crippen LogP contribution in [0.5, 0.6) is 0 Å². The number of piperidine rings is 1. The van der Waals surface area contributed by atoms with Gasteiger partial charge < -0.3 is 18.9 Å². The lowest BCUT2D eigenvalue weighted by Crippen LogP contribution is -2.51. The third kappa shape index (κ3) is 5.16. The van der Waals surface area contributed by atoms with Crippen molar-refractivity contribution in [1.29, 1.82) is 0 Å². The second kappa shape index (κ2) is 9.27. The van der Waals surface area contributed by atoms with Crippen molar-refractivity contribution < 1.29 is 14.3 Å². The highest BCUT2D eigenvalue weighted by Crippen LogP contribution is 2.22. The Balaban J connectivity index is 1.50. The van der Waals surface area contributed by atoms with Gasteiger partial charge >= 0.3 is 0 Å². The maximum absolute atomic E-state index is 12.9. The lowest BCUT2D eigenvalue weighted by Gasteiger charge is -2.39. The number of nitrogens with zero attached hydrogens (tertiary/aromatic N) is 5. The standard InChI is InChI=1S/C18H31N5O3S/c1-14-10-22(11-15(2)26-14)17(24)16-4-6-20(7-5-16)13-23-18(27)21(12-19-23)8-9-25-3/h12,14-16H,4-11,13H2,1-3H3. The zero-order valence-corrected chi connectivity index (χ0v) is 17.4. The molecule has 0 N–H and O–H groups in total. The molecule has 1 amide bonds. The molecule has 152 valence electrons. The Morgan fingerprint density at radius 1 is 1.30 bits per heavy atom. The molecule has 2 fully saturated rings. The highest BCUT2D eigenvalue weighted by Gasteiger charge is 2.32. The van der Waals surface area contributed by atoms with E-state index in [4.69, 9.17) is 21.7 Å². The Labute approximate surface area is 166 Å². The number of ether oxygens (including phenoxy) is 2. The number of amides is 1. The van der Waals surface area contributed by atoms with Crippen LogP contribution in [0.3, 0.4) is 0 Å². The predicted molar refractivity (Wildman–Crippen MR) is 104 cm³/mol. The van der Waals surface area contributed by atoms with E-state index < -0.39 is 0 Å². The minimum Gasteiger partial charge on any atom is -0.383 e. The molecule has 3 heterocycles. The van der Waals surface area contributed by atoms with Gasteiger partial charge in [-0.25, -0.2) is 4.68 Å². The lowest BCUT2D eigenvalue weighted by molar-refractivity contribution is -0.149. The molecular formula is C18H31N5O3S. The van der Waals surface area contributed by atoms with Crippen LogP contribution in [-0.4, -0.2) is 82.2 Å². The fraction of sp³-hybridized carbons (Fsp3) is 0.833. The van der Waals surface area contributed by atoms with E-state index in [2.05, 4.69) is 10.00 Å². The van der Waals surface area contributed by atoms with Gasteiger partial charge in [0, 0.05) is 45.8 Å². The smallest absolute Gasteiger partial charge is 0.225 e. The first-order valence-corrected chi connectivity index (χ1v) is 10.2. The normalized spacial score (nSPS) is 25.1. The van der Waals surface area contributed by atoms with Gasteiger partial charge in [0.25, 0.3) is 0 Å². The average Bonchev–Trinajstić information content (AvgIpc) is 2.99. The topological polar surface area (TPSA) is 64.8 Å². The van der Waals surface area contributed by atoms with E-state index in [1.165, 1.54) is 0 Å². The molecule has 0 radical (unpaired) electrons. The van der Waals surface area contributed by atoms with E-state index in [9.17, 15) is 4.79 Å². The van der Waals surface area contributed by atoms with Crippen LogP contribution in [0.2, 0.25) is 0 Å². The SMILES string of the molecule is COCCn1cnn(CN2CCC(C(=O)N3CC(C)OC(C)C3)CC2)c1=S. The Hall–Kier alpha value is -1.29. The number of rotatable bonds is 6. The summed E-state index contributed by atoms with van der Waals surface area (Å²) < 4.78 is 15.3. The number of methoxy groups -OCH3 is 1. The summed E-state index contributed by atoms with van der Waals surface area (Å²) in [6, 6.07) is 0. The molecule has 2 aliphatic rings. The van der Waals surface area contributed by atoms with Crippen molar-refractivity contribution in [3.63, 3.8) is 0 Å². The van der Waals surface area contributed by atoms with E-state index in [-0.39, 0.29) is 24.0 Å². The lowest BCUT2D eigenvalue weighted by atomic mass is 9.95. The second-order valence-electron chi connectivity index (χ2n) is 7.63. The second-order valence-corrected chi connectivity index (χ2v) is 8.00. The minimum absolute atomic E-state index is 0.117. The maximum Gasteiger partial charge on any atom is 0.225 e. The molecular weight excluding hydrogens is 366 g/mol. The van der Waals surface area contributed by atoms with Gasteiger partial charge in [0.15, 0.2) is 4.77 Å². The largest absolute Gasteiger partial charge is 0.383 e. The summed E-state index contributed by atoms with van der Waals surface area (Å²) in [7, 11) is 1.68.